The fourth-order valence-corrected chi connectivity index (χ4v) is 4.43. The van der Waals surface area contributed by atoms with E-state index in [2.05, 4.69) is 22.8 Å². The normalized spacial score (nSPS) is 20.5. The third kappa shape index (κ3) is 3.26. The summed E-state index contributed by atoms with van der Waals surface area (Å²) in [6.45, 7) is 1.92. The Bertz CT molecular complexity index is 1130. The molecular weight excluding hydrogens is 376 g/mol. The number of allylic oxidation sites excluding steroid dienone is 1. The van der Waals surface area contributed by atoms with Crippen LogP contribution in [-0.4, -0.2) is 12.9 Å². The predicted octanol–water partition coefficient (Wildman–Crippen LogP) is 5.58. The van der Waals surface area contributed by atoms with Crippen LogP contribution in [0, 0.1) is 6.92 Å². The molecule has 30 heavy (non-hydrogen) atoms. The van der Waals surface area contributed by atoms with Gasteiger partial charge in [-0.2, -0.15) is 0 Å². The van der Waals surface area contributed by atoms with Gasteiger partial charge in [0, 0.05) is 17.7 Å². The van der Waals surface area contributed by atoms with Gasteiger partial charge in [-0.1, -0.05) is 24.3 Å². The Kier molecular flexibility index (Phi) is 4.58. The summed E-state index contributed by atoms with van der Waals surface area (Å²) in [4.78, 5) is 13.4. The molecule has 2 aromatic carbocycles. The number of nitrogens with one attached hydrogen (secondary N) is 2. The third-order valence-corrected chi connectivity index (χ3v) is 5.94. The summed E-state index contributed by atoms with van der Waals surface area (Å²) in [6, 6.07) is 19.6. The number of carbonyl (C=O) groups excluding carboxylic acids is 1. The van der Waals surface area contributed by atoms with Crippen LogP contribution in [0.3, 0.4) is 0 Å². The number of benzene rings is 2. The smallest absolute Gasteiger partial charge is 0.163 e. The number of furan rings is 1. The fraction of sp³-hybridized carbons (Fsp3) is 0.240. The molecule has 0 radical (unpaired) electrons. The van der Waals surface area contributed by atoms with E-state index in [0.717, 1.165) is 51.9 Å². The number of hydrogen-bond donors (Lipinski definition) is 2. The van der Waals surface area contributed by atoms with Crippen LogP contribution in [0.25, 0.3) is 0 Å². The van der Waals surface area contributed by atoms with E-state index < -0.39 is 0 Å². The topological polar surface area (TPSA) is 63.5 Å². The van der Waals surface area contributed by atoms with Crippen molar-refractivity contribution in [2.45, 2.75) is 31.7 Å². The van der Waals surface area contributed by atoms with E-state index in [9.17, 15) is 4.79 Å². The Morgan fingerprint density at radius 1 is 0.967 bits per heavy atom. The SMILES string of the molecule is COc1ccc([C@@H]2CC(=O)C3=C(C2)Nc2ccccc2N[C@H]3c2ccc(C)o2)cc1. The quantitative estimate of drug-likeness (QED) is 0.601. The van der Waals surface area contributed by atoms with E-state index in [4.69, 9.17) is 9.15 Å². The van der Waals surface area contributed by atoms with Crippen molar-refractivity contribution in [1.29, 1.82) is 0 Å². The fourth-order valence-electron chi connectivity index (χ4n) is 4.43. The van der Waals surface area contributed by atoms with Crippen LogP contribution < -0.4 is 15.4 Å². The summed E-state index contributed by atoms with van der Waals surface area (Å²) >= 11 is 0. The molecule has 2 aliphatic rings. The number of aryl methyl sites for hydroxylation is 1. The summed E-state index contributed by atoms with van der Waals surface area (Å²) in [6.07, 6.45) is 1.24. The molecule has 1 aliphatic carbocycles. The van der Waals surface area contributed by atoms with Gasteiger partial charge in [0.1, 0.15) is 23.3 Å². The van der Waals surface area contributed by atoms with Crippen molar-refractivity contribution >= 4 is 17.2 Å². The Balaban J connectivity index is 1.57. The number of carbonyl (C=O) groups is 1. The first-order valence-electron chi connectivity index (χ1n) is 10.2. The molecule has 5 nitrogen and oxygen atoms in total. The van der Waals surface area contributed by atoms with Gasteiger partial charge in [-0.25, -0.2) is 0 Å². The maximum atomic E-state index is 13.4. The Hall–Kier alpha value is -3.47. The van der Waals surface area contributed by atoms with Crippen molar-refractivity contribution in [2.75, 3.05) is 17.7 Å². The van der Waals surface area contributed by atoms with Crippen molar-refractivity contribution in [1.82, 2.24) is 0 Å². The minimum absolute atomic E-state index is 0.124. The van der Waals surface area contributed by atoms with Gasteiger partial charge in [-0.15, -0.1) is 0 Å². The lowest BCUT2D eigenvalue weighted by atomic mass is 9.79. The zero-order chi connectivity index (χ0) is 20.7. The van der Waals surface area contributed by atoms with Crippen LogP contribution in [0.5, 0.6) is 5.75 Å². The average molecular weight is 400 g/mol. The molecule has 2 atom stereocenters. The highest BCUT2D eigenvalue weighted by Gasteiger charge is 2.37. The summed E-state index contributed by atoms with van der Waals surface area (Å²) in [5.74, 6) is 2.68. The number of ether oxygens (including phenoxy) is 1. The van der Waals surface area contributed by atoms with Gasteiger partial charge >= 0.3 is 0 Å². The minimum Gasteiger partial charge on any atom is -0.497 e. The molecule has 2 N–H and O–H groups in total. The third-order valence-electron chi connectivity index (χ3n) is 5.94. The Labute approximate surface area is 175 Å². The predicted molar refractivity (Wildman–Crippen MR) is 117 cm³/mol. The lowest BCUT2D eigenvalue weighted by Gasteiger charge is -2.29. The number of methoxy groups -OCH3 is 1. The van der Waals surface area contributed by atoms with Crippen LogP contribution in [0.15, 0.2) is 76.4 Å². The molecular formula is C25H24N2O3. The van der Waals surface area contributed by atoms with E-state index in [1.807, 2.05) is 55.5 Å². The van der Waals surface area contributed by atoms with Crippen LogP contribution >= 0.6 is 0 Å². The zero-order valence-corrected chi connectivity index (χ0v) is 17.1. The number of hydrogen-bond acceptors (Lipinski definition) is 5. The lowest BCUT2D eigenvalue weighted by molar-refractivity contribution is -0.116. The van der Waals surface area contributed by atoms with Gasteiger partial charge in [0.25, 0.3) is 0 Å². The van der Waals surface area contributed by atoms with Crippen molar-refractivity contribution in [3.05, 3.63) is 89.0 Å². The van der Waals surface area contributed by atoms with Crippen LogP contribution in [-0.2, 0) is 4.79 Å². The van der Waals surface area contributed by atoms with Gasteiger partial charge in [-0.3, -0.25) is 4.79 Å². The van der Waals surface area contributed by atoms with Crippen LogP contribution in [0.2, 0.25) is 0 Å². The molecule has 1 aromatic heterocycles. The second-order valence-corrected chi connectivity index (χ2v) is 7.89. The van der Waals surface area contributed by atoms with Gasteiger partial charge in [0.15, 0.2) is 5.78 Å². The molecule has 2 heterocycles. The molecule has 3 aromatic rings. The molecule has 1 aliphatic heterocycles. The van der Waals surface area contributed by atoms with Crippen LogP contribution in [0.1, 0.15) is 41.9 Å². The number of rotatable bonds is 3. The van der Waals surface area contributed by atoms with Crippen LogP contribution in [0.4, 0.5) is 11.4 Å². The van der Waals surface area contributed by atoms with Gasteiger partial charge < -0.3 is 19.8 Å². The standard InChI is InChI=1S/C25H24N2O3/c1-15-7-12-23(30-15)25-24-21(26-19-5-3-4-6-20(19)27-25)13-17(14-22(24)28)16-8-10-18(29-2)11-9-16/h3-12,17,25-27H,13-14H2,1-2H3/t17-,25-/m0/s1. The summed E-state index contributed by atoms with van der Waals surface area (Å²) in [7, 11) is 1.66. The molecule has 5 rings (SSSR count). The van der Waals surface area contributed by atoms with E-state index >= 15 is 0 Å². The maximum Gasteiger partial charge on any atom is 0.163 e. The second kappa shape index (κ2) is 7.41. The Morgan fingerprint density at radius 3 is 2.43 bits per heavy atom. The van der Waals surface area contributed by atoms with Crippen molar-refractivity contribution < 1.29 is 13.9 Å². The minimum atomic E-state index is -0.311. The van der Waals surface area contributed by atoms with E-state index in [-0.39, 0.29) is 17.7 Å². The Morgan fingerprint density at radius 2 is 1.73 bits per heavy atom. The number of para-hydroxylation sites is 2. The second-order valence-electron chi connectivity index (χ2n) is 7.89. The molecule has 0 spiro atoms. The van der Waals surface area contributed by atoms with E-state index in [0.29, 0.717) is 6.42 Å². The first-order chi connectivity index (χ1) is 14.6. The molecule has 0 unspecified atom stereocenters. The molecule has 5 heteroatoms. The molecule has 152 valence electrons. The molecule has 0 bridgehead atoms. The van der Waals surface area contributed by atoms with Crippen molar-refractivity contribution in [3.8, 4) is 5.75 Å². The van der Waals surface area contributed by atoms with Crippen molar-refractivity contribution in [2.24, 2.45) is 0 Å². The molecule has 0 amide bonds. The highest BCUT2D eigenvalue weighted by Crippen LogP contribution is 2.44. The van der Waals surface area contributed by atoms with Crippen molar-refractivity contribution in [3.63, 3.8) is 0 Å². The summed E-state index contributed by atoms with van der Waals surface area (Å²) in [5.41, 5.74) is 4.81. The number of fused-ring (bicyclic) bond motifs is 1. The maximum absolute atomic E-state index is 13.4. The van der Waals surface area contributed by atoms with E-state index in [1.54, 1.807) is 7.11 Å². The number of anilines is 2. The van der Waals surface area contributed by atoms with E-state index in [1.165, 1.54) is 0 Å². The highest BCUT2D eigenvalue weighted by atomic mass is 16.5. The zero-order valence-electron chi connectivity index (χ0n) is 17.1. The average Bonchev–Trinajstić information content (AvgIpc) is 3.11. The van der Waals surface area contributed by atoms with Gasteiger partial charge in [0.05, 0.1) is 18.5 Å². The molecule has 0 fully saturated rings. The molecule has 0 saturated carbocycles. The lowest BCUT2D eigenvalue weighted by Crippen LogP contribution is -2.26. The highest BCUT2D eigenvalue weighted by molar-refractivity contribution is 6.01. The largest absolute Gasteiger partial charge is 0.497 e. The first-order valence-corrected chi connectivity index (χ1v) is 10.2. The van der Waals surface area contributed by atoms with Gasteiger partial charge in [0.2, 0.25) is 0 Å². The summed E-state index contributed by atoms with van der Waals surface area (Å²) in [5, 5.41) is 7.09. The monoisotopic (exact) mass is 400 g/mol. The number of Topliss-reactive ketones (excluding diaryl/α,β-unsaturated/α-hetero) is 1. The first kappa shape index (κ1) is 18.6. The van der Waals surface area contributed by atoms with Gasteiger partial charge in [-0.05, 0) is 61.2 Å². The molecule has 0 saturated heterocycles. The number of ketones is 1. The summed E-state index contributed by atoms with van der Waals surface area (Å²) < 4.78 is 11.2.